The van der Waals surface area contributed by atoms with E-state index in [1.807, 2.05) is 0 Å². The fourth-order valence-corrected chi connectivity index (χ4v) is 1.88. The Hall–Kier alpha value is -1.04. The van der Waals surface area contributed by atoms with Crippen LogP contribution in [0.4, 0.5) is 0 Å². The van der Waals surface area contributed by atoms with E-state index in [9.17, 15) is 0 Å². The quantitative estimate of drug-likeness (QED) is 0.556. The second-order valence-corrected chi connectivity index (χ2v) is 3.97. The maximum atomic E-state index is 2.37. The summed E-state index contributed by atoms with van der Waals surface area (Å²) in [6, 6.07) is 0. The number of hydrogen-bond acceptors (Lipinski definition) is 0. The molecule has 0 N–H and O–H groups in total. The first kappa shape index (κ1) is 8.55. The summed E-state index contributed by atoms with van der Waals surface area (Å²) in [5, 5.41) is 0. The average Bonchev–Trinajstić information content (AvgIpc) is 2.71. The van der Waals surface area contributed by atoms with Gasteiger partial charge in [0.1, 0.15) is 0 Å². The lowest BCUT2D eigenvalue weighted by Crippen LogP contribution is -1.90. The second kappa shape index (κ2) is 3.78. The Balaban J connectivity index is 1.88. The molecule has 13 heavy (non-hydrogen) atoms. The van der Waals surface area contributed by atoms with Crippen molar-refractivity contribution in [2.75, 3.05) is 0 Å². The molecule has 0 radical (unpaired) electrons. The van der Waals surface area contributed by atoms with Crippen LogP contribution in [0.15, 0.2) is 47.6 Å². The van der Waals surface area contributed by atoms with Crippen LogP contribution in [0.1, 0.15) is 26.2 Å². The van der Waals surface area contributed by atoms with E-state index in [-0.39, 0.29) is 0 Å². The topological polar surface area (TPSA) is 0 Å². The van der Waals surface area contributed by atoms with Gasteiger partial charge in [0.05, 0.1) is 0 Å². The maximum Gasteiger partial charge on any atom is -0.0294 e. The van der Waals surface area contributed by atoms with Crippen molar-refractivity contribution in [1.29, 1.82) is 0 Å². The van der Waals surface area contributed by atoms with Gasteiger partial charge in [0.15, 0.2) is 0 Å². The van der Waals surface area contributed by atoms with Crippen molar-refractivity contribution in [3.05, 3.63) is 47.6 Å². The van der Waals surface area contributed by atoms with Crippen LogP contribution >= 0.6 is 0 Å². The Labute approximate surface area is 80.3 Å². The molecule has 68 valence electrons. The van der Waals surface area contributed by atoms with Crippen LogP contribution < -0.4 is 0 Å². The van der Waals surface area contributed by atoms with Crippen molar-refractivity contribution >= 4 is 0 Å². The predicted molar refractivity (Wildman–Crippen MR) is 57.5 cm³/mol. The lowest BCUT2D eigenvalue weighted by Gasteiger charge is -2.03. The van der Waals surface area contributed by atoms with Gasteiger partial charge in [-0.3, -0.25) is 0 Å². The van der Waals surface area contributed by atoms with Crippen molar-refractivity contribution in [1.82, 2.24) is 0 Å². The molecule has 0 heterocycles. The van der Waals surface area contributed by atoms with Gasteiger partial charge >= 0.3 is 0 Å². The zero-order valence-corrected chi connectivity index (χ0v) is 8.16. The highest BCUT2D eigenvalue weighted by Gasteiger charge is 2.08. The van der Waals surface area contributed by atoms with E-state index >= 15 is 0 Å². The minimum Gasteiger partial charge on any atom is -0.0882 e. The monoisotopic (exact) mass is 172 g/mol. The van der Waals surface area contributed by atoms with E-state index < -0.39 is 0 Å². The summed E-state index contributed by atoms with van der Waals surface area (Å²) < 4.78 is 0. The molecule has 2 aliphatic carbocycles. The lowest BCUT2D eigenvalue weighted by atomic mass is 10.0. The molecule has 0 heteroatoms. The maximum absolute atomic E-state index is 2.37. The van der Waals surface area contributed by atoms with Crippen LogP contribution in [-0.2, 0) is 0 Å². The van der Waals surface area contributed by atoms with Gasteiger partial charge in [0.2, 0.25) is 0 Å². The minimum absolute atomic E-state index is 0.871. The summed E-state index contributed by atoms with van der Waals surface area (Å²) in [5.41, 5.74) is 2.76. The molecule has 2 rings (SSSR count). The van der Waals surface area contributed by atoms with Crippen LogP contribution in [-0.4, -0.2) is 0 Å². The van der Waals surface area contributed by atoms with Crippen molar-refractivity contribution in [3.8, 4) is 0 Å². The van der Waals surface area contributed by atoms with Gasteiger partial charge in [0, 0.05) is 0 Å². The molecule has 2 aliphatic rings. The Morgan fingerprint density at radius 1 is 1.31 bits per heavy atom. The van der Waals surface area contributed by atoms with Crippen LogP contribution in [0.25, 0.3) is 0 Å². The standard InChI is InChI=1S/C13H16/c1-11-6-7-13(10-11)9-8-12-4-2-3-5-12/h2-3,6-7,9-10,12H,4-5,8H2,1H3/b13-9-. The molecular weight excluding hydrogens is 156 g/mol. The van der Waals surface area contributed by atoms with Crippen molar-refractivity contribution < 1.29 is 0 Å². The van der Waals surface area contributed by atoms with Crippen LogP contribution in [0.2, 0.25) is 0 Å². The zero-order valence-electron chi connectivity index (χ0n) is 8.16. The molecule has 0 amide bonds. The smallest absolute Gasteiger partial charge is 0.0294 e. The molecule has 0 aromatic carbocycles. The van der Waals surface area contributed by atoms with Gasteiger partial charge in [-0.15, -0.1) is 0 Å². The van der Waals surface area contributed by atoms with Crippen LogP contribution in [0, 0.1) is 5.92 Å². The molecular formula is C13H16. The molecule has 0 fully saturated rings. The summed E-state index contributed by atoms with van der Waals surface area (Å²) in [4.78, 5) is 0. The molecule has 0 unspecified atom stereocenters. The molecule has 0 saturated carbocycles. The molecule has 0 atom stereocenters. The van der Waals surface area contributed by atoms with Gasteiger partial charge in [-0.25, -0.2) is 0 Å². The Bertz CT molecular complexity index is 292. The van der Waals surface area contributed by atoms with Crippen molar-refractivity contribution in [2.24, 2.45) is 5.92 Å². The van der Waals surface area contributed by atoms with E-state index in [0.717, 1.165) is 5.92 Å². The summed E-state index contributed by atoms with van der Waals surface area (Å²) >= 11 is 0. The van der Waals surface area contributed by atoms with Crippen LogP contribution in [0.3, 0.4) is 0 Å². The summed E-state index contributed by atoms with van der Waals surface area (Å²) in [6.45, 7) is 2.15. The van der Waals surface area contributed by atoms with E-state index in [1.54, 1.807) is 0 Å². The third kappa shape index (κ3) is 2.21. The highest BCUT2D eigenvalue weighted by atomic mass is 14.1. The first-order valence-electron chi connectivity index (χ1n) is 5.06. The average molecular weight is 172 g/mol. The molecule has 0 aliphatic heterocycles. The van der Waals surface area contributed by atoms with Gasteiger partial charge in [-0.05, 0) is 37.7 Å². The summed E-state index contributed by atoms with van der Waals surface area (Å²) in [6.07, 6.45) is 17.4. The van der Waals surface area contributed by atoms with Gasteiger partial charge in [-0.2, -0.15) is 0 Å². The summed E-state index contributed by atoms with van der Waals surface area (Å²) in [7, 11) is 0. The van der Waals surface area contributed by atoms with Crippen molar-refractivity contribution in [2.45, 2.75) is 26.2 Å². The highest BCUT2D eigenvalue weighted by molar-refractivity contribution is 5.44. The zero-order chi connectivity index (χ0) is 9.10. The van der Waals surface area contributed by atoms with E-state index in [2.05, 4.69) is 43.4 Å². The van der Waals surface area contributed by atoms with Gasteiger partial charge in [-0.1, -0.05) is 42.0 Å². The molecule has 0 aromatic rings. The molecule has 0 aromatic heterocycles. The molecule has 0 spiro atoms. The second-order valence-electron chi connectivity index (χ2n) is 3.97. The van der Waals surface area contributed by atoms with Crippen molar-refractivity contribution in [3.63, 3.8) is 0 Å². The Kier molecular flexibility index (Phi) is 2.49. The largest absolute Gasteiger partial charge is 0.0882 e. The third-order valence-corrected chi connectivity index (χ3v) is 2.73. The summed E-state index contributed by atoms with van der Waals surface area (Å²) in [5.74, 6) is 0.871. The number of hydrogen-bond donors (Lipinski definition) is 0. The van der Waals surface area contributed by atoms with Gasteiger partial charge < -0.3 is 0 Å². The lowest BCUT2D eigenvalue weighted by molar-refractivity contribution is 0.579. The molecule has 0 nitrogen and oxygen atoms in total. The van der Waals surface area contributed by atoms with E-state index in [0.29, 0.717) is 0 Å². The highest BCUT2D eigenvalue weighted by Crippen LogP contribution is 2.23. The first-order chi connectivity index (χ1) is 6.34. The Morgan fingerprint density at radius 3 is 2.69 bits per heavy atom. The minimum atomic E-state index is 0.871. The number of rotatable bonds is 2. The third-order valence-electron chi connectivity index (χ3n) is 2.73. The van der Waals surface area contributed by atoms with Gasteiger partial charge in [0.25, 0.3) is 0 Å². The molecule has 0 bridgehead atoms. The first-order valence-corrected chi connectivity index (χ1v) is 5.06. The number of allylic oxidation sites excluding steroid dienone is 8. The fraction of sp³-hybridized carbons (Fsp3) is 0.385. The predicted octanol–water partition coefficient (Wildman–Crippen LogP) is 3.79. The normalized spacial score (nSPS) is 24.7. The van der Waals surface area contributed by atoms with Crippen LogP contribution in [0.5, 0.6) is 0 Å². The van der Waals surface area contributed by atoms with E-state index in [1.165, 1.54) is 30.4 Å². The van der Waals surface area contributed by atoms with E-state index in [4.69, 9.17) is 0 Å². The SMILES string of the molecule is CC1=C/C(=C\CC2CC=CC2)C=C1. The molecule has 0 saturated heterocycles. The fourth-order valence-electron chi connectivity index (χ4n) is 1.88. The Morgan fingerprint density at radius 2 is 2.08 bits per heavy atom.